The zero-order chi connectivity index (χ0) is 21.9. The first-order valence-electron chi connectivity index (χ1n) is 11.5. The predicted octanol–water partition coefficient (Wildman–Crippen LogP) is 2.45. The summed E-state index contributed by atoms with van der Waals surface area (Å²) in [5.74, 6) is 2.53. The van der Waals surface area contributed by atoms with Crippen molar-refractivity contribution in [1.29, 1.82) is 0 Å². The van der Waals surface area contributed by atoms with Crippen LogP contribution in [-0.2, 0) is 6.42 Å². The molecule has 0 aliphatic carbocycles. The Morgan fingerprint density at radius 2 is 1.75 bits per heavy atom. The van der Waals surface area contributed by atoms with Crippen LogP contribution in [0.4, 0.5) is 5.95 Å². The average Bonchev–Trinajstić information content (AvgIpc) is 3.49. The Morgan fingerprint density at radius 3 is 2.41 bits per heavy atom. The molecule has 32 heavy (non-hydrogen) atoms. The molecule has 0 bridgehead atoms. The second-order valence-corrected chi connectivity index (χ2v) is 8.62. The van der Waals surface area contributed by atoms with Gasteiger partial charge in [-0.05, 0) is 72.9 Å². The number of nitrogens with zero attached hydrogens (tertiary/aromatic N) is 8. The molecule has 4 heterocycles. The lowest BCUT2D eigenvalue weighted by molar-refractivity contribution is 0.163. The molecule has 1 unspecified atom stereocenters. The van der Waals surface area contributed by atoms with Crippen molar-refractivity contribution in [2.45, 2.75) is 51.7 Å². The number of aromatic nitrogens is 6. The predicted molar refractivity (Wildman–Crippen MR) is 121 cm³/mol. The minimum atomic E-state index is 0.235. The molecule has 0 N–H and O–H groups in total. The Morgan fingerprint density at radius 1 is 1.00 bits per heavy atom. The molecular weight excluding hydrogens is 404 g/mol. The Kier molecular flexibility index (Phi) is 5.98. The number of rotatable bonds is 6. The molecule has 2 saturated heterocycles. The smallest absolute Gasteiger partial charge is 0.225 e. The van der Waals surface area contributed by atoms with Gasteiger partial charge in [0.25, 0.3) is 0 Å². The summed E-state index contributed by atoms with van der Waals surface area (Å²) in [6, 6.07) is 8.61. The Labute approximate surface area is 188 Å². The Bertz CT molecular complexity index is 1010. The maximum Gasteiger partial charge on any atom is 0.225 e. The van der Waals surface area contributed by atoms with E-state index in [9.17, 15) is 0 Å². The average molecular weight is 435 g/mol. The van der Waals surface area contributed by atoms with E-state index in [1.165, 1.54) is 5.56 Å². The fourth-order valence-corrected chi connectivity index (χ4v) is 4.64. The molecule has 0 amide bonds. The number of likely N-dealkylation sites (tertiary alicyclic amines) is 1. The minimum absolute atomic E-state index is 0.235. The summed E-state index contributed by atoms with van der Waals surface area (Å²) in [5.41, 5.74) is 2.12. The van der Waals surface area contributed by atoms with Crippen LogP contribution in [0, 0.1) is 6.92 Å². The zero-order valence-electron chi connectivity index (χ0n) is 18.8. The first-order chi connectivity index (χ1) is 15.7. The molecule has 3 aromatic rings. The van der Waals surface area contributed by atoms with Crippen molar-refractivity contribution < 1.29 is 4.74 Å². The first kappa shape index (κ1) is 20.8. The van der Waals surface area contributed by atoms with Gasteiger partial charge in [-0.15, -0.1) is 5.10 Å². The molecule has 0 saturated carbocycles. The van der Waals surface area contributed by atoms with Crippen molar-refractivity contribution in [3.05, 3.63) is 48.0 Å². The first-order valence-corrected chi connectivity index (χ1v) is 11.5. The van der Waals surface area contributed by atoms with Crippen LogP contribution in [0.25, 0.3) is 5.69 Å². The fourth-order valence-electron chi connectivity index (χ4n) is 4.64. The van der Waals surface area contributed by atoms with Gasteiger partial charge in [-0.25, -0.2) is 9.97 Å². The number of hydrogen-bond acceptors (Lipinski definition) is 8. The number of aryl methyl sites for hydroxylation is 2. The van der Waals surface area contributed by atoms with E-state index in [0.29, 0.717) is 6.04 Å². The second-order valence-electron chi connectivity index (χ2n) is 8.62. The van der Waals surface area contributed by atoms with Gasteiger partial charge in [0.1, 0.15) is 11.9 Å². The van der Waals surface area contributed by atoms with Gasteiger partial charge in [-0.3, -0.25) is 4.90 Å². The van der Waals surface area contributed by atoms with Gasteiger partial charge >= 0.3 is 0 Å². The molecule has 5 rings (SSSR count). The SMILES string of the molecule is CCc1cnc(N2CCC(N3CCC(Oc4ccc(-n5nnnc5C)cc4)C3)CC2)nc1. The van der Waals surface area contributed by atoms with Crippen LogP contribution in [0.5, 0.6) is 5.75 Å². The molecule has 2 aromatic heterocycles. The normalized spacial score (nSPS) is 20.1. The molecule has 1 atom stereocenters. The quantitative estimate of drug-likeness (QED) is 0.585. The molecule has 2 aliphatic heterocycles. The summed E-state index contributed by atoms with van der Waals surface area (Å²) < 4.78 is 8.00. The molecule has 2 fully saturated rings. The lowest BCUT2D eigenvalue weighted by Crippen LogP contribution is -2.45. The summed E-state index contributed by atoms with van der Waals surface area (Å²) in [6.45, 7) is 8.12. The molecule has 1 aromatic carbocycles. The molecular formula is C23H30N8O. The van der Waals surface area contributed by atoms with E-state index in [-0.39, 0.29) is 6.10 Å². The van der Waals surface area contributed by atoms with E-state index in [1.54, 1.807) is 4.68 Å². The number of ether oxygens (including phenoxy) is 1. The van der Waals surface area contributed by atoms with Crippen LogP contribution < -0.4 is 9.64 Å². The summed E-state index contributed by atoms with van der Waals surface area (Å²) in [5, 5.41) is 11.6. The molecule has 2 aliphatic rings. The monoisotopic (exact) mass is 434 g/mol. The maximum atomic E-state index is 6.28. The lowest BCUT2D eigenvalue weighted by Gasteiger charge is -2.36. The number of anilines is 1. The third-order valence-electron chi connectivity index (χ3n) is 6.55. The topological polar surface area (TPSA) is 85.1 Å². The van der Waals surface area contributed by atoms with E-state index in [0.717, 1.165) is 75.1 Å². The van der Waals surface area contributed by atoms with E-state index < -0.39 is 0 Å². The molecule has 9 heteroatoms. The van der Waals surface area contributed by atoms with Gasteiger partial charge < -0.3 is 9.64 Å². The van der Waals surface area contributed by atoms with E-state index in [4.69, 9.17) is 4.74 Å². The van der Waals surface area contributed by atoms with Crippen LogP contribution in [0.3, 0.4) is 0 Å². The Hall–Kier alpha value is -3.07. The van der Waals surface area contributed by atoms with Crippen molar-refractivity contribution in [3.63, 3.8) is 0 Å². The molecule has 0 radical (unpaired) electrons. The standard InChI is InChI=1S/C23H30N8O/c1-3-18-14-24-23(25-15-18)29-11-8-19(9-12-29)30-13-10-22(16-30)32-21-6-4-20(5-7-21)31-17(2)26-27-28-31/h4-7,14-15,19,22H,3,8-13,16H2,1-2H3. The zero-order valence-corrected chi connectivity index (χ0v) is 18.8. The largest absolute Gasteiger partial charge is 0.489 e. The van der Waals surface area contributed by atoms with Crippen LogP contribution in [0.2, 0.25) is 0 Å². The van der Waals surface area contributed by atoms with Crippen LogP contribution in [0.1, 0.15) is 37.6 Å². The lowest BCUT2D eigenvalue weighted by atomic mass is 10.0. The van der Waals surface area contributed by atoms with E-state index >= 15 is 0 Å². The Balaban J connectivity index is 1.11. The molecule has 9 nitrogen and oxygen atoms in total. The van der Waals surface area contributed by atoms with Crippen LogP contribution in [0.15, 0.2) is 36.7 Å². The third-order valence-corrected chi connectivity index (χ3v) is 6.55. The summed E-state index contributed by atoms with van der Waals surface area (Å²) in [4.78, 5) is 14.0. The number of benzene rings is 1. The van der Waals surface area contributed by atoms with Crippen LogP contribution >= 0.6 is 0 Å². The van der Waals surface area contributed by atoms with Gasteiger partial charge in [0.2, 0.25) is 5.95 Å². The van der Waals surface area contributed by atoms with Gasteiger partial charge in [0.15, 0.2) is 5.82 Å². The maximum absolute atomic E-state index is 6.28. The highest BCUT2D eigenvalue weighted by molar-refractivity contribution is 5.37. The van der Waals surface area contributed by atoms with Crippen molar-refractivity contribution in [3.8, 4) is 11.4 Å². The summed E-state index contributed by atoms with van der Waals surface area (Å²) >= 11 is 0. The van der Waals surface area contributed by atoms with Crippen molar-refractivity contribution in [1.82, 2.24) is 35.1 Å². The number of piperidine rings is 1. The minimum Gasteiger partial charge on any atom is -0.489 e. The van der Waals surface area contributed by atoms with Gasteiger partial charge in [-0.2, -0.15) is 4.68 Å². The third kappa shape index (κ3) is 4.43. The molecule has 0 spiro atoms. The van der Waals surface area contributed by atoms with Crippen molar-refractivity contribution >= 4 is 5.95 Å². The molecule has 168 valence electrons. The summed E-state index contributed by atoms with van der Waals surface area (Å²) in [7, 11) is 0. The second kappa shape index (κ2) is 9.20. The van der Waals surface area contributed by atoms with Crippen molar-refractivity contribution in [2.24, 2.45) is 0 Å². The van der Waals surface area contributed by atoms with Crippen LogP contribution in [-0.4, -0.2) is 73.4 Å². The van der Waals surface area contributed by atoms with Gasteiger partial charge in [0.05, 0.1) is 5.69 Å². The van der Waals surface area contributed by atoms with E-state index in [2.05, 4.69) is 42.2 Å². The summed E-state index contributed by atoms with van der Waals surface area (Å²) in [6.07, 6.45) is 8.47. The van der Waals surface area contributed by atoms with Gasteiger partial charge in [-0.1, -0.05) is 6.92 Å². The highest BCUT2D eigenvalue weighted by atomic mass is 16.5. The highest BCUT2D eigenvalue weighted by Gasteiger charge is 2.32. The fraction of sp³-hybridized carbons (Fsp3) is 0.522. The number of hydrogen-bond donors (Lipinski definition) is 0. The highest BCUT2D eigenvalue weighted by Crippen LogP contribution is 2.26. The van der Waals surface area contributed by atoms with Crippen molar-refractivity contribution in [2.75, 3.05) is 31.1 Å². The van der Waals surface area contributed by atoms with Gasteiger partial charge in [0, 0.05) is 44.6 Å². The van der Waals surface area contributed by atoms with E-state index in [1.807, 2.05) is 43.6 Å². The number of tetrazole rings is 1.